The highest BCUT2D eigenvalue weighted by Gasteiger charge is 2.45. The topological polar surface area (TPSA) is 98.7 Å². The SMILES string of the molecule is O=C(NC1CCC(F)(F)CC1)[C@H](c1ccccc1Cl)N(c1cccc(F)c1)C(O)[C@@H]1CCC(=O)N1c1cnccn1. The Bertz CT molecular complexity index is 1390. The molecule has 3 atom stereocenters. The Morgan fingerprint density at radius 1 is 1.12 bits per heavy atom. The second-order valence-corrected chi connectivity index (χ2v) is 10.7. The maximum atomic E-state index is 14.6. The molecule has 41 heavy (non-hydrogen) atoms. The lowest BCUT2D eigenvalue weighted by Gasteiger charge is -2.42. The van der Waals surface area contributed by atoms with Gasteiger partial charge in [-0.05, 0) is 43.5 Å². The summed E-state index contributed by atoms with van der Waals surface area (Å²) in [6.07, 6.45) is 2.49. The van der Waals surface area contributed by atoms with Crippen molar-refractivity contribution in [3.05, 3.63) is 83.5 Å². The fraction of sp³-hybridized carbons (Fsp3) is 0.379. The Hall–Kier alpha value is -3.70. The van der Waals surface area contributed by atoms with E-state index in [1.807, 2.05) is 0 Å². The highest BCUT2D eigenvalue weighted by atomic mass is 35.5. The van der Waals surface area contributed by atoms with Crippen LogP contribution in [-0.4, -0.2) is 51.1 Å². The molecule has 2 fully saturated rings. The number of benzene rings is 2. The minimum absolute atomic E-state index is 0.0775. The van der Waals surface area contributed by atoms with E-state index in [4.69, 9.17) is 11.6 Å². The largest absolute Gasteiger partial charge is 0.371 e. The minimum Gasteiger partial charge on any atom is -0.371 e. The number of carbonyl (C=O) groups excluding carboxylic acids is 2. The van der Waals surface area contributed by atoms with Gasteiger partial charge in [-0.1, -0.05) is 35.9 Å². The zero-order valence-electron chi connectivity index (χ0n) is 22.0. The van der Waals surface area contributed by atoms with Crippen molar-refractivity contribution in [1.82, 2.24) is 15.3 Å². The zero-order valence-corrected chi connectivity index (χ0v) is 22.7. The average molecular weight is 588 g/mol. The number of amides is 2. The molecule has 1 unspecified atom stereocenters. The summed E-state index contributed by atoms with van der Waals surface area (Å²) in [5.41, 5.74) is 0.470. The Labute approximate surface area is 240 Å². The van der Waals surface area contributed by atoms with Crippen molar-refractivity contribution < 1.29 is 27.9 Å². The van der Waals surface area contributed by atoms with Gasteiger partial charge >= 0.3 is 0 Å². The molecule has 1 aliphatic carbocycles. The predicted octanol–water partition coefficient (Wildman–Crippen LogP) is 5.02. The molecule has 2 N–H and O–H groups in total. The maximum Gasteiger partial charge on any atom is 0.248 e. The number of nitrogens with zero attached hydrogens (tertiary/aromatic N) is 4. The van der Waals surface area contributed by atoms with Crippen molar-refractivity contribution in [2.24, 2.45) is 0 Å². The third kappa shape index (κ3) is 6.31. The van der Waals surface area contributed by atoms with Crippen molar-refractivity contribution in [2.45, 2.75) is 68.8 Å². The third-order valence-electron chi connectivity index (χ3n) is 7.58. The summed E-state index contributed by atoms with van der Waals surface area (Å²) in [7, 11) is 0. The van der Waals surface area contributed by atoms with Crippen LogP contribution in [0, 0.1) is 5.82 Å². The monoisotopic (exact) mass is 587 g/mol. The Balaban J connectivity index is 1.57. The first kappa shape index (κ1) is 28.8. The van der Waals surface area contributed by atoms with Gasteiger partial charge in [0.05, 0.1) is 12.2 Å². The molecule has 0 spiro atoms. The van der Waals surface area contributed by atoms with Crippen LogP contribution < -0.4 is 15.1 Å². The number of aliphatic hydroxyl groups is 1. The van der Waals surface area contributed by atoms with Crippen molar-refractivity contribution in [3.63, 3.8) is 0 Å². The van der Waals surface area contributed by atoms with Crippen LogP contribution in [-0.2, 0) is 9.59 Å². The number of alkyl halides is 2. The van der Waals surface area contributed by atoms with E-state index in [0.717, 1.165) is 0 Å². The van der Waals surface area contributed by atoms with Crippen LogP contribution in [0.15, 0.2) is 67.1 Å². The molecule has 216 valence electrons. The van der Waals surface area contributed by atoms with Gasteiger partial charge in [-0.25, -0.2) is 18.2 Å². The number of aliphatic hydroxyl groups excluding tert-OH is 1. The summed E-state index contributed by atoms with van der Waals surface area (Å²) >= 11 is 6.57. The molecule has 5 rings (SSSR count). The fourth-order valence-electron chi connectivity index (χ4n) is 5.56. The van der Waals surface area contributed by atoms with Gasteiger partial charge < -0.3 is 15.3 Å². The lowest BCUT2D eigenvalue weighted by atomic mass is 9.91. The smallest absolute Gasteiger partial charge is 0.248 e. The summed E-state index contributed by atoms with van der Waals surface area (Å²) in [6.45, 7) is 0. The number of aromatic nitrogens is 2. The highest BCUT2D eigenvalue weighted by Crippen LogP contribution is 2.38. The average Bonchev–Trinajstić information content (AvgIpc) is 3.34. The molecule has 2 heterocycles. The van der Waals surface area contributed by atoms with E-state index in [1.165, 1.54) is 52.7 Å². The predicted molar refractivity (Wildman–Crippen MR) is 147 cm³/mol. The first-order valence-electron chi connectivity index (χ1n) is 13.4. The van der Waals surface area contributed by atoms with Gasteiger partial charge in [-0.15, -0.1) is 0 Å². The van der Waals surface area contributed by atoms with Crippen molar-refractivity contribution in [2.75, 3.05) is 9.80 Å². The van der Waals surface area contributed by atoms with Gasteiger partial charge in [0.25, 0.3) is 0 Å². The Morgan fingerprint density at radius 3 is 2.56 bits per heavy atom. The van der Waals surface area contributed by atoms with E-state index in [2.05, 4.69) is 15.3 Å². The third-order valence-corrected chi connectivity index (χ3v) is 7.92. The molecular weight excluding hydrogens is 559 g/mol. The van der Waals surface area contributed by atoms with Crippen LogP contribution in [0.2, 0.25) is 5.02 Å². The van der Waals surface area contributed by atoms with Crippen molar-refractivity contribution in [3.8, 4) is 0 Å². The van der Waals surface area contributed by atoms with E-state index in [9.17, 15) is 27.9 Å². The van der Waals surface area contributed by atoms with E-state index in [0.29, 0.717) is 5.56 Å². The molecule has 1 aliphatic heterocycles. The first-order valence-corrected chi connectivity index (χ1v) is 13.7. The van der Waals surface area contributed by atoms with Gasteiger partial charge in [0.1, 0.15) is 18.1 Å². The maximum absolute atomic E-state index is 14.6. The van der Waals surface area contributed by atoms with Crippen LogP contribution in [0.1, 0.15) is 50.1 Å². The second-order valence-electron chi connectivity index (χ2n) is 10.3. The molecule has 0 bridgehead atoms. The van der Waals surface area contributed by atoms with Crippen LogP contribution >= 0.6 is 11.6 Å². The van der Waals surface area contributed by atoms with Gasteiger partial charge in [-0.2, -0.15) is 0 Å². The quantitative estimate of drug-likeness (QED) is 0.359. The number of anilines is 2. The molecule has 1 saturated heterocycles. The lowest BCUT2D eigenvalue weighted by molar-refractivity contribution is -0.125. The second kappa shape index (κ2) is 12.0. The molecule has 12 heteroatoms. The molecule has 0 radical (unpaired) electrons. The van der Waals surface area contributed by atoms with Crippen LogP contribution in [0.4, 0.5) is 24.7 Å². The summed E-state index contributed by atoms with van der Waals surface area (Å²) in [6, 6.07) is 9.21. The van der Waals surface area contributed by atoms with Crippen LogP contribution in [0.25, 0.3) is 0 Å². The molecule has 1 saturated carbocycles. The van der Waals surface area contributed by atoms with Crippen LogP contribution in [0.3, 0.4) is 0 Å². The van der Waals surface area contributed by atoms with Gasteiger partial charge in [0.15, 0.2) is 5.82 Å². The summed E-state index contributed by atoms with van der Waals surface area (Å²) in [5.74, 6) is -4.07. The Morgan fingerprint density at radius 2 is 1.88 bits per heavy atom. The Kier molecular flexibility index (Phi) is 8.46. The van der Waals surface area contributed by atoms with E-state index in [-0.39, 0.29) is 61.0 Å². The number of carbonyl (C=O) groups is 2. The fourth-order valence-corrected chi connectivity index (χ4v) is 5.80. The number of halogens is 4. The number of hydrogen-bond acceptors (Lipinski definition) is 6. The van der Waals surface area contributed by atoms with Crippen molar-refractivity contribution in [1.29, 1.82) is 0 Å². The van der Waals surface area contributed by atoms with Gasteiger partial charge in [0, 0.05) is 54.0 Å². The number of hydrogen-bond donors (Lipinski definition) is 2. The summed E-state index contributed by atoms with van der Waals surface area (Å²) in [4.78, 5) is 37.9. The van der Waals surface area contributed by atoms with Crippen LogP contribution in [0.5, 0.6) is 0 Å². The zero-order chi connectivity index (χ0) is 29.1. The molecule has 2 amide bonds. The van der Waals surface area contributed by atoms with Gasteiger partial charge in [-0.3, -0.25) is 19.5 Å². The van der Waals surface area contributed by atoms with Gasteiger partial charge in [0.2, 0.25) is 17.7 Å². The normalized spacial score (nSPS) is 20.5. The molecule has 8 nitrogen and oxygen atoms in total. The molecule has 2 aliphatic rings. The number of nitrogens with one attached hydrogen (secondary N) is 1. The summed E-state index contributed by atoms with van der Waals surface area (Å²) < 4.78 is 42.2. The standard InChI is InChI=1S/C29H29ClF3N5O3/c30-22-7-2-1-6-21(22)26(27(40)36-19-10-12-29(32,33)13-11-19)37(20-5-3-4-18(31)16-20)28(41)23-8-9-25(39)38(23)24-17-34-14-15-35-24/h1-7,14-17,19,23,26,28,41H,8-13H2,(H,36,40)/t23-,26-,28?/m0/s1. The highest BCUT2D eigenvalue weighted by molar-refractivity contribution is 6.31. The van der Waals surface area contributed by atoms with Crippen molar-refractivity contribution >= 4 is 34.9 Å². The minimum atomic E-state index is -2.79. The summed E-state index contributed by atoms with van der Waals surface area (Å²) in [5, 5.41) is 15.1. The molecule has 3 aromatic rings. The molecular formula is C29H29ClF3N5O3. The molecule has 2 aromatic carbocycles. The molecule has 1 aromatic heterocycles. The first-order chi connectivity index (χ1) is 19.6. The lowest BCUT2D eigenvalue weighted by Crippen LogP contribution is -2.55. The number of rotatable bonds is 8. The van der Waals surface area contributed by atoms with E-state index < -0.39 is 42.0 Å². The van der Waals surface area contributed by atoms with E-state index >= 15 is 0 Å². The van der Waals surface area contributed by atoms with E-state index in [1.54, 1.807) is 24.3 Å².